The summed E-state index contributed by atoms with van der Waals surface area (Å²) in [5.74, 6) is -0.289. The van der Waals surface area contributed by atoms with E-state index < -0.39 is 124 Å². The van der Waals surface area contributed by atoms with E-state index in [0.29, 0.717) is 12.8 Å². The predicted molar refractivity (Wildman–Crippen MR) is 420 cm³/mol. The molecule has 3 rings (SSSR count). The van der Waals surface area contributed by atoms with E-state index in [9.17, 15) is 61.0 Å². The number of ether oxygens (including phenoxy) is 6. The van der Waals surface area contributed by atoms with E-state index in [1.165, 1.54) is 199 Å². The molecule has 19 nitrogen and oxygen atoms in total. The molecule has 0 aromatic rings. The van der Waals surface area contributed by atoms with Gasteiger partial charge in [0.1, 0.15) is 73.2 Å². The quantitative estimate of drug-likeness (QED) is 0.0199. The van der Waals surface area contributed by atoms with Crippen molar-refractivity contribution in [1.82, 2.24) is 5.32 Å². The Labute approximate surface area is 634 Å². The number of amides is 1. The van der Waals surface area contributed by atoms with Crippen molar-refractivity contribution in [2.45, 2.75) is 413 Å². The summed E-state index contributed by atoms with van der Waals surface area (Å²) in [6.07, 6.45) is 62.6. The monoisotopic (exact) mass is 1490 g/mol. The van der Waals surface area contributed by atoms with Crippen molar-refractivity contribution >= 4 is 5.91 Å². The minimum absolute atomic E-state index is 0.229. The third-order valence-electron chi connectivity index (χ3n) is 20.3. The van der Waals surface area contributed by atoms with E-state index in [2.05, 4.69) is 104 Å². The summed E-state index contributed by atoms with van der Waals surface area (Å²) in [4.78, 5) is 13.5. The Morgan fingerprint density at radius 1 is 0.352 bits per heavy atom. The average Bonchev–Trinajstić information content (AvgIpc) is 0.780. The maximum Gasteiger partial charge on any atom is 0.220 e. The SMILES string of the molecule is CC/C=C\C/C=C\C/C=C\C/C=C\C/C=C\CCCCCCCCCCCCCCCCCCCC(=O)NC(COC1OC(CO)C(OC2OC(CO)C(OC3OC(CO)C(O)C(O)C3O)C(O)C2O)C(O)C1O)C(O)/C=C/CC/C=C/CC/C=C/CCCCCCCCCCCCCCCCCCC. The Bertz CT molecular complexity index is 2270. The Morgan fingerprint density at radius 2 is 0.667 bits per heavy atom. The van der Waals surface area contributed by atoms with Gasteiger partial charge in [0.05, 0.1) is 38.6 Å². The minimum atomic E-state index is -1.99. The fraction of sp³-hybridized carbons (Fsp3) is 0.802. The Hall–Kier alpha value is -3.29. The highest BCUT2D eigenvalue weighted by Gasteiger charge is 2.54. The van der Waals surface area contributed by atoms with Crippen LogP contribution in [-0.4, -0.2) is 193 Å². The maximum absolute atomic E-state index is 13.5. The molecule has 0 aliphatic carbocycles. The van der Waals surface area contributed by atoms with Gasteiger partial charge in [0, 0.05) is 6.42 Å². The van der Waals surface area contributed by atoms with E-state index >= 15 is 0 Å². The van der Waals surface area contributed by atoms with Crippen LogP contribution in [0.2, 0.25) is 0 Å². The molecule has 0 saturated carbocycles. The van der Waals surface area contributed by atoms with Crippen LogP contribution in [0.3, 0.4) is 0 Å². The number of unbranched alkanes of at least 4 members (excludes halogenated alkanes) is 36. The molecule has 0 spiro atoms. The lowest BCUT2D eigenvalue weighted by atomic mass is 9.96. The van der Waals surface area contributed by atoms with Crippen molar-refractivity contribution in [1.29, 1.82) is 0 Å². The van der Waals surface area contributed by atoms with Gasteiger partial charge in [-0.05, 0) is 89.9 Å². The molecule has 0 bridgehead atoms. The number of hydrogen-bond acceptors (Lipinski definition) is 18. The maximum atomic E-state index is 13.5. The van der Waals surface area contributed by atoms with Gasteiger partial charge >= 0.3 is 0 Å². The minimum Gasteiger partial charge on any atom is -0.394 e. The highest BCUT2D eigenvalue weighted by atomic mass is 16.8. The Balaban J connectivity index is 1.37. The molecule has 608 valence electrons. The van der Waals surface area contributed by atoms with Gasteiger partial charge in [-0.15, -0.1) is 0 Å². The van der Waals surface area contributed by atoms with Crippen molar-refractivity contribution in [2.24, 2.45) is 0 Å². The summed E-state index contributed by atoms with van der Waals surface area (Å²) in [5, 5.41) is 121. The molecule has 3 fully saturated rings. The van der Waals surface area contributed by atoms with Crippen LogP contribution in [-0.2, 0) is 33.2 Å². The molecule has 1 amide bonds. The molecule has 17 unspecified atom stereocenters. The van der Waals surface area contributed by atoms with Crippen LogP contribution in [0.1, 0.15) is 309 Å². The van der Waals surface area contributed by atoms with Crippen molar-refractivity contribution in [3.8, 4) is 0 Å². The number of allylic oxidation sites excluding steroid dienone is 15. The first-order valence-corrected chi connectivity index (χ1v) is 42.0. The fourth-order valence-corrected chi connectivity index (χ4v) is 13.7. The van der Waals surface area contributed by atoms with Gasteiger partial charge in [0.25, 0.3) is 0 Å². The summed E-state index contributed by atoms with van der Waals surface area (Å²) < 4.78 is 34.5. The standard InChI is InChI=1S/C86H151NO18/c1-3-5-7-9-11-13-15-17-19-21-23-25-27-29-31-32-33-34-35-36-38-40-42-44-46-48-50-52-54-56-58-60-62-64-74(92)87-69(70(91)63-61-59-57-55-53-51-49-47-45-43-41-39-37-30-28-26-24-22-20-18-16-14-12-10-8-6-4-2)68-100-84-80(98)77(95)82(72(66-89)102-84)105-86-81(99)78(96)83(73(67-90)103-86)104-85-79(97)76(94)75(93)71(65-88)101-85/h5,7,11,13,17,19,23,25,29,31,45,47,53,55,61,63,69-73,75-86,88-91,93-99H,3-4,6,8-10,12,14-16,18,20-22,24,26-28,30,32-44,46,48-52,54,56-60,62,64-68H2,1-2H3,(H,87,92)/b7-5-,13-11-,19-17-,25-23-,31-29-,47-45+,55-53+,63-61+. The molecule has 0 radical (unpaired) electrons. The second-order valence-corrected chi connectivity index (χ2v) is 29.5. The first kappa shape index (κ1) is 95.9. The largest absolute Gasteiger partial charge is 0.394 e. The zero-order valence-electron chi connectivity index (χ0n) is 65.2. The van der Waals surface area contributed by atoms with Crippen molar-refractivity contribution in [3.63, 3.8) is 0 Å². The molecule has 3 heterocycles. The zero-order valence-corrected chi connectivity index (χ0v) is 65.2. The predicted octanol–water partition coefficient (Wildman–Crippen LogP) is 14.7. The molecular formula is C86H151NO18. The third-order valence-corrected chi connectivity index (χ3v) is 20.3. The number of nitrogens with one attached hydrogen (secondary N) is 1. The third kappa shape index (κ3) is 45.0. The van der Waals surface area contributed by atoms with Crippen molar-refractivity contribution in [2.75, 3.05) is 26.4 Å². The summed E-state index contributed by atoms with van der Waals surface area (Å²) in [6.45, 7) is 1.63. The Kier molecular flexibility index (Phi) is 59.8. The molecule has 19 heteroatoms. The number of hydrogen-bond donors (Lipinski definition) is 12. The number of rotatable bonds is 66. The van der Waals surface area contributed by atoms with E-state index in [4.69, 9.17) is 28.4 Å². The molecular weight excluding hydrogens is 1330 g/mol. The van der Waals surface area contributed by atoms with Crippen molar-refractivity contribution in [3.05, 3.63) is 97.2 Å². The molecule has 17 atom stereocenters. The van der Waals surface area contributed by atoms with E-state index in [1.54, 1.807) is 6.08 Å². The number of aliphatic hydroxyl groups is 11. The molecule has 3 saturated heterocycles. The Morgan fingerprint density at radius 3 is 1.07 bits per heavy atom. The van der Waals surface area contributed by atoms with Gasteiger partial charge in [-0.25, -0.2) is 0 Å². The smallest absolute Gasteiger partial charge is 0.220 e. The van der Waals surface area contributed by atoms with Crippen LogP contribution in [0, 0.1) is 0 Å². The van der Waals surface area contributed by atoms with Gasteiger partial charge in [0.15, 0.2) is 18.9 Å². The second-order valence-electron chi connectivity index (χ2n) is 29.5. The van der Waals surface area contributed by atoms with Crippen LogP contribution >= 0.6 is 0 Å². The van der Waals surface area contributed by atoms with E-state index in [-0.39, 0.29) is 18.9 Å². The zero-order chi connectivity index (χ0) is 76.0. The van der Waals surface area contributed by atoms with Crippen molar-refractivity contribution < 1.29 is 89.4 Å². The molecule has 105 heavy (non-hydrogen) atoms. The lowest BCUT2D eigenvalue weighted by Gasteiger charge is -2.48. The number of carbonyl (C=O) groups is 1. The molecule has 3 aliphatic heterocycles. The lowest BCUT2D eigenvalue weighted by Crippen LogP contribution is -2.66. The van der Waals surface area contributed by atoms with Crippen LogP contribution in [0.25, 0.3) is 0 Å². The summed E-state index contributed by atoms with van der Waals surface area (Å²) in [6, 6.07) is -1.00. The van der Waals surface area contributed by atoms with Gasteiger partial charge in [0.2, 0.25) is 5.91 Å². The van der Waals surface area contributed by atoms with Gasteiger partial charge in [-0.2, -0.15) is 0 Å². The highest BCUT2D eigenvalue weighted by Crippen LogP contribution is 2.33. The van der Waals surface area contributed by atoms with Gasteiger partial charge in [-0.1, -0.05) is 310 Å². The number of carbonyl (C=O) groups excluding carboxylic acids is 1. The summed E-state index contributed by atoms with van der Waals surface area (Å²) in [7, 11) is 0. The lowest BCUT2D eigenvalue weighted by molar-refractivity contribution is -0.379. The average molecular weight is 1490 g/mol. The highest BCUT2D eigenvalue weighted by molar-refractivity contribution is 5.76. The molecule has 12 N–H and O–H groups in total. The molecule has 0 aromatic heterocycles. The van der Waals surface area contributed by atoms with Crippen LogP contribution < -0.4 is 5.32 Å². The van der Waals surface area contributed by atoms with E-state index in [0.717, 1.165) is 77.0 Å². The topological polar surface area (TPSA) is 307 Å². The fourth-order valence-electron chi connectivity index (χ4n) is 13.7. The first-order chi connectivity index (χ1) is 51.3. The van der Waals surface area contributed by atoms with Crippen LogP contribution in [0.15, 0.2) is 97.2 Å². The molecule has 0 aromatic carbocycles. The second kappa shape index (κ2) is 65.4. The van der Waals surface area contributed by atoms with E-state index in [1.807, 2.05) is 6.08 Å². The molecule has 3 aliphatic rings. The number of aliphatic hydroxyl groups excluding tert-OH is 11. The summed E-state index contributed by atoms with van der Waals surface area (Å²) in [5.41, 5.74) is 0. The van der Waals surface area contributed by atoms with Gasteiger partial charge < -0.3 is 89.9 Å². The normalized spacial score (nSPS) is 26.3. The van der Waals surface area contributed by atoms with Gasteiger partial charge in [-0.3, -0.25) is 4.79 Å². The van der Waals surface area contributed by atoms with Crippen LogP contribution in [0.4, 0.5) is 0 Å². The summed E-state index contributed by atoms with van der Waals surface area (Å²) >= 11 is 0. The first-order valence-electron chi connectivity index (χ1n) is 42.0. The van der Waals surface area contributed by atoms with Crippen LogP contribution in [0.5, 0.6) is 0 Å².